The molecule has 0 bridgehead atoms. The minimum absolute atomic E-state index is 0. The second-order valence-electron chi connectivity index (χ2n) is 0.100. The fourth-order valence-corrected chi connectivity index (χ4v) is 0. The third-order valence-electron chi connectivity index (χ3n) is 0. The number of thiocyanates is 1. The van der Waals surface area contributed by atoms with Crippen molar-refractivity contribution in [2.45, 2.75) is 0 Å². The third kappa shape index (κ3) is 277. The van der Waals surface area contributed by atoms with Crippen molar-refractivity contribution in [3.63, 3.8) is 0 Å². The molecule has 0 fully saturated rings. The predicted molar refractivity (Wildman–Crippen MR) is 37.0 cm³/mol. The van der Waals surface area contributed by atoms with Gasteiger partial charge in [-0.1, -0.05) is 12.6 Å². The van der Waals surface area contributed by atoms with Crippen LogP contribution >= 0.6 is 12.6 Å². The number of nitrogens with zero attached hydrogens (tertiary/aromatic N) is 1. The average Bonchev–Trinajstić information content (AvgIpc) is 0.918. The molecule has 7 heteroatoms. The molecule has 0 saturated carbocycles. The van der Waals surface area contributed by atoms with E-state index in [1.54, 1.807) is 0 Å². The number of thiol groups is 1. The molecule has 52 valence electrons. The van der Waals surface area contributed by atoms with E-state index in [4.69, 9.17) is 5.26 Å². The molecule has 0 heterocycles. The van der Waals surface area contributed by atoms with E-state index in [1.807, 2.05) is 0 Å². The normalized spacial score (nSPS) is 1.00. The second kappa shape index (κ2) is 102. The van der Waals surface area contributed by atoms with Gasteiger partial charge in [0.25, 0.3) is 0 Å². The maximum Gasteiger partial charge on any atom is 2.00 e. The summed E-state index contributed by atoms with van der Waals surface area (Å²) in [5, 5.41) is 8.63. The van der Waals surface area contributed by atoms with E-state index in [-0.39, 0.29) is 62.5 Å². The van der Waals surface area contributed by atoms with Gasteiger partial charge < -0.3 is 24.8 Å². The first kappa shape index (κ1) is 65.2. The monoisotopic (exact) mass is 173 g/mol. The van der Waals surface area contributed by atoms with Crippen molar-refractivity contribution in [3.05, 3.63) is 0 Å². The molecule has 0 aromatic heterocycles. The van der Waals surface area contributed by atoms with E-state index in [2.05, 4.69) is 12.6 Å². The van der Waals surface area contributed by atoms with Gasteiger partial charge in [-0.3, -0.25) is 0 Å². The van der Waals surface area contributed by atoms with Crippen LogP contribution in [0.15, 0.2) is 0 Å². The third-order valence-corrected chi connectivity index (χ3v) is 0. The second-order valence-corrected chi connectivity index (χ2v) is 0.300. The van der Waals surface area contributed by atoms with E-state index in [9.17, 15) is 0 Å². The molecule has 0 aromatic carbocycles. The first-order chi connectivity index (χ1) is 1.41. The Bertz CT molecular complexity index is 44.7. The zero-order valence-electron chi connectivity index (χ0n) is 6.10. The smallest absolute Gasteiger partial charge is 1.00 e. The van der Waals surface area contributed by atoms with Crippen LogP contribution in [0.1, 0.15) is 2.85 Å². The molecule has 0 amide bonds. The fourth-order valence-electron chi connectivity index (χ4n) is 0. The van der Waals surface area contributed by atoms with Crippen LogP contribution in [0.3, 0.4) is 0 Å². The Balaban J connectivity index is -0.000000000952. The largest absolute Gasteiger partial charge is 2.00 e. The number of nitriles is 1. The van der Waals surface area contributed by atoms with Gasteiger partial charge in [-0.2, -0.15) is 5.26 Å². The van der Waals surface area contributed by atoms with Gasteiger partial charge in [0, 0.05) is 0 Å². The van der Waals surface area contributed by atoms with E-state index >= 15 is 0 Å². The number of hydrogen-bond donors (Lipinski definition) is 1. The molecule has 5 nitrogen and oxygen atoms in total. The first-order valence-corrected chi connectivity index (χ1v) is 0.894. The summed E-state index contributed by atoms with van der Waals surface area (Å²) in [6, 6.07) is 0. The van der Waals surface area contributed by atoms with Crippen LogP contribution in [-0.2, 0) is 0 Å². The van der Waals surface area contributed by atoms with Gasteiger partial charge in [-0.05, 0) is 0 Å². The minimum Gasteiger partial charge on any atom is -1.00 e. The summed E-state index contributed by atoms with van der Waals surface area (Å²) in [5.74, 6) is 0. The van der Waals surface area contributed by atoms with Crippen LogP contribution in [0.2, 0.25) is 0 Å². The SMILES string of the molecule is N#CS.O.O.O.O.[Ca+2].[H-].[H-]. The maximum absolute atomic E-state index is 7.18. The van der Waals surface area contributed by atoms with Gasteiger partial charge >= 0.3 is 37.7 Å². The molecule has 0 saturated heterocycles. The standard InChI is InChI=1S/CHNS.Ca.4H2O.2H/c2-1-3;;;;;;;/h3H;;4*1H2;;/q;+2;;;;;2*-1. The Morgan fingerprint density at radius 1 is 1.12 bits per heavy atom. The van der Waals surface area contributed by atoms with Crippen molar-refractivity contribution < 1.29 is 24.8 Å². The Morgan fingerprint density at radius 2 is 1.12 bits per heavy atom. The predicted octanol–water partition coefficient (Wildman–Crippen LogP) is -3.06. The molecule has 0 aliphatic rings. The van der Waals surface area contributed by atoms with Gasteiger partial charge in [-0.15, -0.1) is 0 Å². The molecule has 0 rings (SSSR count). The van der Waals surface area contributed by atoms with E-state index in [0.717, 1.165) is 0 Å². The Morgan fingerprint density at radius 3 is 1.12 bits per heavy atom. The Hall–Kier alpha value is 0.940. The van der Waals surface area contributed by atoms with Crippen LogP contribution in [0.4, 0.5) is 0 Å². The minimum atomic E-state index is 0. The Labute approximate surface area is 85.3 Å². The van der Waals surface area contributed by atoms with Crippen molar-refractivity contribution in [2.75, 3.05) is 0 Å². The summed E-state index contributed by atoms with van der Waals surface area (Å²) in [6.07, 6.45) is 0. The van der Waals surface area contributed by atoms with Gasteiger partial charge in [0.15, 0.2) is 0 Å². The molecule has 0 unspecified atom stereocenters. The van der Waals surface area contributed by atoms with Crippen LogP contribution in [0.25, 0.3) is 0 Å². The number of rotatable bonds is 0. The van der Waals surface area contributed by atoms with Crippen LogP contribution in [-0.4, -0.2) is 59.6 Å². The first-order valence-electron chi connectivity index (χ1n) is 0.447. The van der Waals surface area contributed by atoms with E-state index in [0.29, 0.717) is 0 Å². The van der Waals surface area contributed by atoms with Gasteiger partial charge in [0.05, 0.1) is 0 Å². The Kier molecular flexibility index (Phi) is 828. The van der Waals surface area contributed by atoms with E-state index < -0.39 is 0 Å². The van der Waals surface area contributed by atoms with Gasteiger partial charge in [0.2, 0.25) is 0 Å². The van der Waals surface area contributed by atoms with Crippen molar-refractivity contribution >= 4 is 50.4 Å². The summed E-state index contributed by atoms with van der Waals surface area (Å²) in [7, 11) is 0. The molecule has 0 atom stereocenters. The van der Waals surface area contributed by atoms with Crippen LogP contribution in [0, 0.1) is 10.7 Å². The quantitative estimate of drug-likeness (QED) is 0.231. The molecule has 0 aromatic rings. The van der Waals surface area contributed by atoms with Gasteiger partial charge in [0.1, 0.15) is 5.40 Å². The van der Waals surface area contributed by atoms with Crippen molar-refractivity contribution in [1.82, 2.24) is 0 Å². The molecule has 8 heavy (non-hydrogen) atoms. The molecule has 0 aliphatic carbocycles. The van der Waals surface area contributed by atoms with Crippen LogP contribution < -0.4 is 0 Å². The zero-order valence-corrected chi connectivity index (χ0v) is 7.20. The van der Waals surface area contributed by atoms with Gasteiger partial charge in [-0.25, -0.2) is 0 Å². The summed E-state index contributed by atoms with van der Waals surface area (Å²) in [4.78, 5) is 0. The van der Waals surface area contributed by atoms with Crippen LogP contribution in [0.5, 0.6) is 0 Å². The molecular formula is CH11CaNO4S. The topological polar surface area (TPSA) is 150 Å². The summed E-state index contributed by atoms with van der Waals surface area (Å²) in [6.45, 7) is 0. The summed E-state index contributed by atoms with van der Waals surface area (Å²) < 4.78 is 0. The molecule has 0 aliphatic heterocycles. The molecule has 0 spiro atoms. The summed E-state index contributed by atoms with van der Waals surface area (Å²) >= 11 is 3.09. The molecular weight excluding hydrogens is 162 g/mol. The number of hydrogen-bond acceptors (Lipinski definition) is 2. The zero-order chi connectivity index (χ0) is 2.71. The molecule has 0 radical (unpaired) electrons. The average molecular weight is 173 g/mol. The van der Waals surface area contributed by atoms with Crippen molar-refractivity contribution in [3.8, 4) is 5.40 Å². The molecule has 8 N–H and O–H groups in total. The van der Waals surface area contributed by atoms with E-state index in [1.165, 1.54) is 5.40 Å². The van der Waals surface area contributed by atoms with Crippen molar-refractivity contribution in [2.24, 2.45) is 0 Å². The van der Waals surface area contributed by atoms with Crippen molar-refractivity contribution in [1.29, 1.82) is 5.26 Å². The maximum atomic E-state index is 7.18. The fraction of sp³-hybridized carbons (Fsp3) is 0. The summed E-state index contributed by atoms with van der Waals surface area (Å²) in [5.41, 5.74) is 0.